The molecule has 0 aliphatic rings. The topological polar surface area (TPSA) is 50.2 Å². The Balaban J connectivity index is 3.27. The molecule has 1 aromatic heterocycles. The highest BCUT2D eigenvalue weighted by molar-refractivity contribution is 6.31. The summed E-state index contributed by atoms with van der Waals surface area (Å²) >= 11 is 5.34. The second-order valence-corrected chi connectivity index (χ2v) is 3.09. The molecule has 0 spiro atoms. The summed E-state index contributed by atoms with van der Waals surface area (Å²) < 4.78 is 37.3. The lowest BCUT2D eigenvalue weighted by Gasteiger charge is -2.11. The first kappa shape index (κ1) is 11.8. The van der Waals surface area contributed by atoms with E-state index in [4.69, 9.17) is 16.7 Å². The summed E-state index contributed by atoms with van der Waals surface area (Å²) in [6, 6.07) is 0.968. The van der Waals surface area contributed by atoms with Gasteiger partial charge in [0.2, 0.25) is 0 Å². The minimum absolute atomic E-state index is 0.547. The fourth-order valence-corrected chi connectivity index (χ4v) is 1.33. The van der Waals surface area contributed by atoms with E-state index in [-0.39, 0.29) is 0 Å². The van der Waals surface area contributed by atoms with Crippen molar-refractivity contribution in [3.05, 3.63) is 28.5 Å². The van der Waals surface area contributed by atoms with E-state index >= 15 is 0 Å². The lowest BCUT2D eigenvalue weighted by Crippen LogP contribution is -2.14. The number of aliphatic carboxylic acids is 1. The van der Waals surface area contributed by atoms with E-state index in [1.807, 2.05) is 0 Å². The van der Waals surface area contributed by atoms with Crippen molar-refractivity contribution in [3.63, 3.8) is 0 Å². The second-order valence-electron chi connectivity index (χ2n) is 2.68. The summed E-state index contributed by atoms with van der Waals surface area (Å²) in [5.74, 6) is -1.39. The first-order valence-electron chi connectivity index (χ1n) is 3.74. The van der Waals surface area contributed by atoms with Crippen molar-refractivity contribution in [1.82, 2.24) is 4.98 Å². The van der Waals surface area contributed by atoms with Crippen molar-refractivity contribution in [1.29, 1.82) is 0 Å². The largest absolute Gasteiger partial charge is 0.481 e. The molecule has 0 amide bonds. The molecule has 0 fully saturated rings. The maximum absolute atomic E-state index is 12.4. The Morgan fingerprint density at radius 1 is 1.53 bits per heavy atom. The van der Waals surface area contributed by atoms with E-state index in [9.17, 15) is 18.0 Å². The smallest absolute Gasteiger partial charge is 0.419 e. The molecule has 15 heavy (non-hydrogen) atoms. The molecule has 0 bridgehead atoms. The van der Waals surface area contributed by atoms with Gasteiger partial charge in [0.1, 0.15) is 0 Å². The average molecular weight is 240 g/mol. The minimum Gasteiger partial charge on any atom is -0.481 e. The van der Waals surface area contributed by atoms with E-state index in [1.165, 1.54) is 0 Å². The van der Waals surface area contributed by atoms with Gasteiger partial charge >= 0.3 is 12.1 Å². The molecular weight excluding hydrogens is 235 g/mol. The molecule has 0 atom stereocenters. The summed E-state index contributed by atoms with van der Waals surface area (Å²) in [6.07, 6.45) is -4.47. The maximum atomic E-state index is 12.4. The molecule has 1 N–H and O–H groups in total. The Kier molecular flexibility index (Phi) is 3.18. The molecule has 0 aromatic carbocycles. The number of aromatic nitrogens is 1. The number of pyridine rings is 1. The average Bonchev–Trinajstić information content (AvgIpc) is 1.99. The zero-order chi connectivity index (χ0) is 11.6. The van der Waals surface area contributed by atoms with E-state index in [0.717, 1.165) is 12.3 Å². The van der Waals surface area contributed by atoms with Crippen molar-refractivity contribution in [2.75, 3.05) is 0 Å². The number of hydrogen-bond acceptors (Lipinski definition) is 2. The number of hydrogen-bond donors (Lipinski definition) is 1. The number of carboxylic acid groups (broad SMARTS) is 1. The lowest BCUT2D eigenvalue weighted by molar-refractivity contribution is -0.139. The zero-order valence-electron chi connectivity index (χ0n) is 7.18. The maximum Gasteiger partial charge on any atom is 0.419 e. The second kappa shape index (κ2) is 4.06. The summed E-state index contributed by atoms with van der Waals surface area (Å²) in [6.45, 7) is 0. The monoisotopic (exact) mass is 239 g/mol. The third-order valence-electron chi connectivity index (χ3n) is 1.58. The SMILES string of the molecule is O=C(O)Cc1nccc(Cl)c1C(F)(F)F. The van der Waals surface area contributed by atoms with Crippen LogP contribution in [0.4, 0.5) is 13.2 Å². The summed E-state index contributed by atoms with van der Waals surface area (Å²) in [5.41, 5.74) is -1.77. The molecule has 0 radical (unpaired) electrons. The molecule has 0 aliphatic heterocycles. The van der Waals surface area contributed by atoms with Gasteiger partial charge in [-0.1, -0.05) is 11.6 Å². The fraction of sp³-hybridized carbons (Fsp3) is 0.250. The van der Waals surface area contributed by atoms with Crippen LogP contribution in [0.1, 0.15) is 11.3 Å². The Bertz CT molecular complexity index is 392. The van der Waals surface area contributed by atoms with E-state index < -0.39 is 34.8 Å². The number of nitrogens with zero attached hydrogens (tertiary/aromatic N) is 1. The van der Waals surface area contributed by atoms with E-state index in [1.54, 1.807) is 0 Å². The summed E-state index contributed by atoms with van der Waals surface area (Å²) in [4.78, 5) is 13.7. The Morgan fingerprint density at radius 3 is 2.60 bits per heavy atom. The molecule has 0 unspecified atom stereocenters. The van der Waals surface area contributed by atoms with E-state index in [2.05, 4.69) is 4.98 Å². The third kappa shape index (κ3) is 2.82. The third-order valence-corrected chi connectivity index (χ3v) is 1.90. The number of carboxylic acids is 1. The van der Waals surface area contributed by atoms with Crippen molar-refractivity contribution in [3.8, 4) is 0 Å². The van der Waals surface area contributed by atoms with Gasteiger partial charge in [-0.3, -0.25) is 9.78 Å². The fourth-order valence-electron chi connectivity index (χ4n) is 1.05. The molecule has 3 nitrogen and oxygen atoms in total. The van der Waals surface area contributed by atoms with Crippen molar-refractivity contribution >= 4 is 17.6 Å². The standard InChI is InChI=1S/C8H5ClF3NO2/c9-4-1-2-13-5(3-6(14)15)7(4)8(10,11)12/h1-2H,3H2,(H,14,15). The molecule has 1 rings (SSSR count). The Morgan fingerprint density at radius 2 is 2.13 bits per heavy atom. The van der Waals surface area contributed by atoms with Crippen LogP contribution in [0.3, 0.4) is 0 Å². The Hall–Kier alpha value is -1.30. The van der Waals surface area contributed by atoms with Crippen LogP contribution < -0.4 is 0 Å². The van der Waals surface area contributed by atoms with Crippen LogP contribution in [0.15, 0.2) is 12.3 Å². The number of alkyl halides is 3. The number of halogens is 4. The number of rotatable bonds is 2. The van der Waals surface area contributed by atoms with Crippen LogP contribution in [0.25, 0.3) is 0 Å². The summed E-state index contributed by atoms with van der Waals surface area (Å²) in [7, 11) is 0. The molecule has 1 aromatic rings. The quantitative estimate of drug-likeness (QED) is 0.862. The van der Waals surface area contributed by atoms with Crippen LogP contribution in [0, 0.1) is 0 Å². The lowest BCUT2D eigenvalue weighted by atomic mass is 10.1. The highest BCUT2D eigenvalue weighted by atomic mass is 35.5. The molecule has 82 valence electrons. The first-order valence-corrected chi connectivity index (χ1v) is 4.12. The van der Waals surface area contributed by atoms with E-state index in [0.29, 0.717) is 0 Å². The highest BCUT2D eigenvalue weighted by Crippen LogP contribution is 2.36. The minimum atomic E-state index is -4.70. The van der Waals surface area contributed by atoms with Gasteiger partial charge in [-0.15, -0.1) is 0 Å². The molecule has 1 heterocycles. The normalized spacial score (nSPS) is 11.5. The van der Waals surface area contributed by atoms with Crippen LogP contribution in [0.5, 0.6) is 0 Å². The van der Waals surface area contributed by atoms with Crippen molar-refractivity contribution in [2.24, 2.45) is 0 Å². The predicted molar refractivity (Wildman–Crippen MR) is 45.6 cm³/mol. The summed E-state index contributed by atoms with van der Waals surface area (Å²) in [5, 5.41) is 7.85. The van der Waals surface area contributed by atoms with Gasteiger partial charge in [0.15, 0.2) is 0 Å². The molecule has 0 aliphatic carbocycles. The molecule has 0 saturated carbocycles. The Labute approximate surface area is 87.5 Å². The molecular formula is C8H5ClF3NO2. The van der Waals surface area contributed by atoms with Gasteiger partial charge in [0.25, 0.3) is 0 Å². The van der Waals surface area contributed by atoms with Crippen LogP contribution in [0.2, 0.25) is 5.02 Å². The first-order chi connectivity index (χ1) is 6.82. The van der Waals surface area contributed by atoms with Crippen LogP contribution in [-0.4, -0.2) is 16.1 Å². The van der Waals surface area contributed by atoms with Gasteiger partial charge in [-0.25, -0.2) is 0 Å². The van der Waals surface area contributed by atoms with Gasteiger partial charge in [0, 0.05) is 6.20 Å². The van der Waals surface area contributed by atoms with Crippen molar-refractivity contribution < 1.29 is 23.1 Å². The van der Waals surface area contributed by atoms with Gasteiger partial charge < -0.3 is 5.11 Å². The van der Waals surface area contributed by atoms with Crippen LogP contribution >= 0.6 is 11.6 Å². The van der Waals surface area contributed by atoms with Crippen LogP contribution in [-0.2, 0) is 17.4 Å². The molecule has 7 heteroatoms. The van der Waals surface area contributed by atoms with Gasteiger partial charge in [-0.05, 0) is 6.07 Å². The predicted octanol–water partition coefficient (Wildman–Crippen LogP) is 2.38. The zero-order valence-corrected chi connectivity index (χ0v) is 7.93. The molecule has 0 saturated heterocycles. The number of carbonyl (C=O) groups is 1. The van der Waals surface area contributed by atoms with Crippen molar-refractivity contribution in [2.45, 2.75) is 12.6 Å². The van der Waals surface area contributed by atoms with Gasteiger partial charge in [0.05, 0.1) is 22.7 Å². The van der Waals surface area contributed by atoms with Gasteiger partial charge in [-0.2, -0.15) is 13.2 Å². The highest BCUT2D eigenvalue weighted by Gasteiger charge is 2.37.